The van der Waals surface area contributed by atoms with Crippen molar-refractivity contribution in [1.82, 2.24) is 4.90 Å². The lowest BCUT2D eigenvalue weighted by atomic mass is 10.1. The van der Waals surface area contributed by atoms with Gasteiger partial charge in [0.25, 0.3) is 0 Å². The number of piperidine rings is 1. The summed E-state index contributed by atoms with van der Waals surface area (Å²) in [6.07, 6.45) is 3.62. The molecule has 0 N–H and O–H groups in total. The van der Waals surface area contributed by atoms with Crippen molar-refractivity contribution in [2.75, 3.05) is 26.7 Å². The normalized spacial score (nSPS) is 16.3. The molecule has 2 rings (SSSR count). The van der Waals surface area contributed by atoms with Crippen LogP contribution in [0, 0.1) is 0 Å². The van der Waals surface area contributed by atoms with E-state index in [9.17, 15) is 4.79 Å². The molecule has 4 heteroatoms. The number of hydrogen-bond acceptors (Lipinski definition) is 4. The summed E-state index contributed by atoms with van der Waals surface area (Å²) in [7, 11) is 1.61. The Hall–Kier alpha value is -1.55. The summed E-state index contributed by atoms with van der Waals surface area (Å²) in [5.41, 5.74) is 0. The van der Waals surface area contributed by atoms with E-state index in [4.69, 9.17) is 9.47 Å². The van der Waals surface area contributed by atoms with Crippen molar-refractivity contribution in [3.8, 4) is 11.5 Å². The number of hydrogen-bond donors (Lipinski definition) is 0. The van der Waals surface area contributed by atoms with Crippen LogP contribution in [0.15, 0.2) is 24.3 Å². The summed E-state index contributed by atoms with van der Waals surface area (Å²) >= 11 is 0. The Balaban J connectivity index is 1.82. The van der Waals surface area contributed by atoms with Crippen molar-refractivity contribution in [3.63, 3.8) is 0 Å². The first-order valence-electron chi connectivity index (χ1n) is 6.35. The molecule has 0 radical (unpaired) electrons. The molecular weight excluding hydrogens is 230 g/mol. The molecule has 1 aromatic rings. The number of carbonyl (C=O) groups is 1. The average molecular weight is 249 g/mol. The zero-order chi connectivity index (χ0) is 12.8. The van der Waals surface area contributed by atoms with E-state index >= 15 is 0 Å². The minimum Gasteiger partial charge on any atom is -0.497 e. The third kappa shape index (κ3) is 3.74. The highest BCUT2D eigenvalue weighted by Crippen LogP contribution is 2.17. The first-order chi connectivity index (χ1) is 8.78. The highest BCUT2D eigenvalue weighted by atomic mass is 16.5. The first-order valence-corrected chi connectivity index (χ1v) is 6.35. The molecule has 0 unspecified atom stereocenters. The van der Waals surface area contributed by atoms with E-state index < -0.39 is 0 Å². The molecule has 0 atom stereocenters. The molecule has 0 saturated carbocycles. The zero-order valence-electron chi connectivity index (χ0n) is 10.7. The molecule has 1 heterocycles. The van der Waals surface area contributed by atoms with Crippen molar-refractivity contribution >= 4 is 5.97 Å². The minimum atomic E-state index is -0.193. The van der Waals surface area contributed by atoms with Crippen LogP contribution in [-0.4, -0.2) is 37.6 Å². The number of rotatable bonds is 4. The molecule has 98 valence electrons. The van der Waals surface area contributed by atoms with E-state index in [0.29, 0.717) is 12.3 Å². The first kappa shape index (κ1) is 12.9. The van der Waals surface area contributed by atoms with E-state index in [1.54, 1.807) is 31.4 Å². The van der Waals surface area contributed by atoms with Crippen molar-refractivity contribution in [2.45, 2.75) is 19.3 Å². The number of carbonyl (C=O) groups excluding carboxylic acids is 1. The van der Waals surface area contributed by atoms with Gasteiger partial charge in [-0.05, 0) is 50.2 Å². The SMILES string of the molecule is COc1ccc(OC(=O)CN2CCCCC2)cc1. The molecule has 1 saturated heterocycles. The number of methoxy groups -OCH3 is 1. The van der Waals surface area contributed by atoms with Gasteiger partial charge in [0.15, 0.2) is 0 Å². The Labute approximate surface area is 107 Å². The zero-order valence-corrected chi connectivity index (χ0v) is 10.7. The maximum Gasteiger partial charge on any atom is 0.325 e. The van der Waals surface area contributed by atoms with Gasteiger partial charge in [0.2, 0.25) is 0 Å². The maximum atomic E-state index is 11.7. The predicted octanol–water partition coefficient (Wildman–Crippen LogP) is 2.09. The largest absolute Gasteiger partial charge is 0.497 e. The van der Waals surface area contributed by atoms with Crippen LogP contribution in [0.5, 0.6) is 11.5 Å². The molecule has 0 amide bonds. The summed E-state index contributed by atoms with van der Waals surface area (Å²) in [6.45, 7) is 2.38. The van der Waals surface area contributed by atoms with Gasteiger partial charge in [-0.3, -0.25) is 9.69 Å². The topological polar surface area (TPSA) is 38.8 Å². The lowest BCUT2D eigenvalue weighted by Crippen LogP contribution is -2.36. The summed E-state index contributed by atoms with van der Waals surface area (Å²) in [6, 6.07) is 7.05. The molecule has 4 nitrogen and oxygen atoms in total. The smallest absolute Gasteiger partial charge is 0.325 e. The lowest BCUT2D eigenvalue weighted by molar-refractivity contribution is -0.135. The minimum absolute atomic E-state index is 0.193. The number of likely N-dealkylation sites (tertiary alicyclic amines) is 1. The molecule has 0 spiro atoms. The molecule has 1 aliphatic heterocycles. The Morgan fingerprint density at radius 2 is 1.72 bits per heavy atom. The van der Waals surface area contributed by atoms with Gasteiger partial charge in [-0.2, -0.15) is 0 Å². The van der Waals surface area contributed by atoms with Crippen LogP contribution < -0.4 is 9.47 Å². The van der Waals surface area contributed by atoms with Crippen LogP contribution in [0.4, 0.5) is 0 Å². The molecule has 0 aliphatic carbocycles. The summed E-state index contributed by atoms with van der Waals surface area (Å²) in [5, 5.41) is 0. The summed E-state index contributed by atoms with van der Waals surface area (Å²) < 4.78 is 10.3. The fourth-order valence-electron chi connectivity index (χ4n) is 2.11. The Morgan fingerprint density at radius 1 is 1.11 bits per heavy atom. The third-order valence-electron chi connectivity index (χ3n) is 3.09. The van der Waals surface area contributed by atoms with Gasteiger partial charge in [-0.1, -0.05) is 6.42 Å². The van der Waals surface area contributed by atoms with Crippen LogP contribution in [-0.2, 0) is 4.79 Å². The molecule has 1 aromatic carbocycles. The molecular formula is C14H19NO3. The quantitative estimate of drug-likeness (QED) is 0.605. The monoisotopic (exact) mass is 249 g/mol. The molecule has 18 heavy (non-hydrogen) atoms. The highest BCUT2D eigenvalue weighted by Gasteiger charge is 2.15. The van der Waals surface area contributed by atoms with E-state index in [2.05, 4.69) is 4.90 Å². The standard InChI is InChI=1S/C14H19NO3/c1-17-12-5-7-13(8-6-12)18-14(16)11-15-9-3-2-4-10-15/h5-8H,2-4,9-11H2,1H3. The van der Waals surface area contributed by atoms with Crippen molar-refractivity contribution < 1.29 is 14.3 Å². The fraction of sp³-hybridized carbons (Fsp3) is 0.500. The second-order valence-corrected chi connectivity index (χ2v) is 4.49. The van der Waals surface area contributed by atoms with Crippen LogP contribution in [0.25, 0.3) is 0 Å². The van der Waals surface area contributed by atoms with Crippen LogP contribution in [0.2, 0.25) is 0 Å². The maximum absolute atomic E-state index is 11.7. The van der Waals surface area contributed by atoms with Crippen LogP contribution >= 0.6 is 0 Å². The lowest BCUT2D eigenvalue weighted by Gasteiger charge is -2.25. The Morgan fingerprint density at radius 3 is 2.33 bits per heavy atom. The molecule has 1 aliphatic rings. The Bertz CT molecular complexity index is 383. The van der Waals surface area contributed by atoms with E-state index in [0.717, 1.165) is 18.8 Å². The number of ether oxygens (including phenoxy) is 2. The highest BCUT2D eigenvalue weighted by molar-refractivity contribution is 5.74. The summed E-state index contributed by atoms with van der Waals surface area (Å²) in [4.78, 5) is 13.9. The summed E-state index contributed by atoms with van der Waals surface area (Å²) in [5.74, 6) is 1.13. The molecule has 1 fully saturated rings. The van der Waals surface area contributed by atoms with Crippen LogP contribution in [0.1, 0.15) is 19.3 Å². The second kappa shape index (κ2) is 6.40. The van der Waals surface area contributed by atoms with Gasteiger partial charge in [-0.25, -0.2) is 0 Å². The van der Waals surface area contributed by atoms with E-state index in [1.165, 1.54) is 19.3 Å². The number of benzene rings is 1. The van der Waals surface area contributed by atoms with Gasteiger partial charge in [0.1, 0.15) is 11.5 Å². The Kier molecular flexibility index (Phi) is 4.59. The third-order valence-corrected chi connectivity index (χ3v) is 3.09. The van der Waals surface area contributed by atoms with Crippen LogP contribution in [0.3, 0.4) is 0 Å². The second-order valence-electron chi connectivity index (χ2n) is 4.49. The van der Waals surface area contributed by atoms with Gasteiger partial charge in [0.05, 0.1) is 13.7 Å². The van der Waals surface area contributed by atoms with Gasteiger partial charge >= 0.3 is 5.97 Å². The van der Waals surface area contributed by atoms with E-state index in [1.807, 2.05) is 0 Å². The van der Waals surface area contributed by atoms with Gasteiger partial charge in [0, 0.05) is 0 Å². The number of esters is 1. The van der Waals surface area contributed by atoms with E-state index in [-0.39, 0.29) is 5.97 Å². The van der Waals surface area contributed by atoms with Gasteiger partial charge in [-0.15, -0.1) is 0 Å². The van der Waals surface area contributed by atoms with Crippen molar-refractivity contribution in [3.05, 3.63) is 24.3 Å². The molecule has 0 bridgehead atoms. The molecule has 0 aromatic heterocycles. The number of nitrogens with zero attached hydrogens (tertiary/aromatic N) is 1. The van der Waals surface area contributed by atoms with Crippen molar-refractivity contribution in [1.29, 1.82) is 0 Å². The van der Waals surface area contributed by atoms with Crippen molar-refractivity contribution in [2.24, 2.45) is 0 Å². The average Bonchev–Trinajstić information content (AvgIpc) is 2.40. The van der Waals surface area contributed by atoms with Gasteiger partial charge < -0.3 is 9.47 Å². The predicted molar refractivity (Wildman–Crippen MR) is 68.9 cm³/mol. The fourth-order valence-corrected chi connectivity index (χ4v) is 2.11.